The van der Waals surface area contributed by atoms with Gasteiger partial charge >= 0.3 is 0 Å². The van der Waals surface area contributed by atoms with E-state index in [2.05, 4.69) is 28.8 Å². The van der Waals surface area contributed by atoms with Gasteiger partial charge in [-0.3, -0.25) is 9.08 Å². The summed E-state index contributed by atoms with van der Waals surface area (Å²) in [6.07, 6.45) is 11.2. The van der Waals surface area contributed by atoms with Crippen molar-refractivity contribution in [2.45, 2.75) is 39.2 Å². The van der Waals surface area contributed by atoms with Crippen LogP contribution in [0.25, 0.3) is 16.2 Å². The Morgan fingerprint density at radius 1 is 1.26 bits per heavy atom. The largest absolute Gasteiger partial charge is 0.294 e. The Bertz CT molecular complexity index is 734. The van der Waals surface area contributed by atoms with E-state index >= 15 is 0 Å². The second kappa shape index (κ2) is 4.20. The summed E-state index contributed by atoms with van der Waals surface area (Å²) in [5, 5.41) is 4.32. The highest BCUT2D eigenvalue weighted by atomic mass is 32.1. The molecule has 0 N–H and O–H groups in total. The lowest BCUT2D eigenvalue weighted by Gasteiger charge is -2.09. The van der Waals surface area contributed by atoms with Crippen molar-refractivity contribution in [2.24, 2.45) is 0 Å². The van der Waals surface area contributed by atoms with E-state index in [1.165, 1.54) is 36.3 Å². The van der Waals surface area contributed by atoms with Gasteiger partial charge in [-0.1, -0.05) is 0 Å². The van der Waals surface area contributed by atoms with Crippen LogP contribution in [0.4, 0.5) is 0 Å². The average molecular weight is 272 g/mol. The molecule has 0 amide bonds. The molecule has 0 saturated carbocycles. The lowest BCUT2D eigenvalue weighted by molar-refractivity contribution is 0.660. The Morgan fingerprint density at radius 3 is 3.00 bits per heavy atom. The maximum Gasteiger partial charge on any atom is 0.194 e. The Labute approximate surface area is 115 Å². The van der Waals surface area contributed by atoms with Crippen molar-refractivity contribution in [3.05, 3.63) is 29.2 Å². The number of nitrogens with zero attached hydrogens (tertiary/aromatic N) is 4. The highest BCUT2D eigenvalue weighted by molar-refractivity contribution is 7.17. The Balaban J connectivity index is 1.81. The van der Waals surface area contributed by atoms with E-state index in [9.17, 15) is 0 Å². The molecule has 0 aliphatic heterocycles. The van der Waals surface area contributed by atoms with Gasteiger partial charge in [0.15, 0.2) is 4.96 Å². The summed E-state index contributed by atoms with van der Waals surface area (Å²) in [6.45, 7) is 3.00. The summed E-state index contributed by atoms with van der Waals surface area (Å²) in [5.41, 5.74) is 3.63. The van der Waals surface area contributed by atoms with Crippen molar-refractivity contribution in [1.29, 1.82) is 0 Å². The first kappa shape index (κ1) is 11.2. The SMILES string of the molecule is CCn1cc(-c2cn3c4c(sc3n2)CCCC4)cn1. The third kappa shape index (κ3) is 1.72. The van der Waals surface area contributed by atoms with Crippen LogP contribution >= 0.6 is 11.3 Å². The standard InChI is InChI=1S/C14H16N4S/c1-2-17-8-10(7-15-17)11-9-18-12-5-3-4-6-13(12)19-14(18)16-11/h7-9H,2-6H2,1H3. The molecule has 0 spiro atoms. The monoisotopic (exact) mass is 272 g/mol. The quantitative estimate of drug-likeness (QED) is 0.718. The van der Waals surface area contributed by atoms with Gasteiger partial charge in [-0.2, -0.15) is 5.10 Å². The number of rotatable bonds is 2. The summed E-state index contributed by atoms with van der Waals surface area (Å²) in [5.74, 6) is 0. The van der Waals surface area contributed by atoms with E-state index in [1.807, 2.05) is 22.2 Å². The first-order valence-electron chi connectivity index (χ1n) is 6.87. The Kier molecular flexibility index (Phi) is 2.48. The van der Waals surface area contributed by atoms with Gasteiger partial charge in [-0.25, -0.2) is 4.98 Å². The molecule has 0 bridgehead atoms. The number of fused-ring (bicyclic) bond motifs is 3. The van der Waals surface area contributed by atoms with Crippen LogP contribution in [0.2, 0.25) is 0 Å². The van der Waals surface area contributed by atoms with Gasteiger partial charge < -0.3 is 0 Å². The number of thiazole rings is 1. The van der Waals surface area contributed by atoms with Gasteiger partial charge in [0.05, 0.1) is 11.9 Å². The smallest absolute Gasteiger partial charge is 0.194 e. The minimum absolute atomic E-state index is 0.900. The van der Waals surface area contributed by atoms with Gasteiger partial charge in [0.25, 0.3) is 0 Å². The van der Waals surface area contributed by atoms with E-state index in [0.717, 1.165) is 22.8 Å². The van der Waals surface area contributed by atoms with Gasteiger partial charge in [0, 0.05) is 35.1 Å². The van der Waals surface area contributed by atoms with Crippen LogP contribution in [0.5, 0.6) is 0 Å². The fraction of sp³-hybridized carbons (Fsp3) is 0.429. The minimum atomic E-state index is 0.900. The van der Waals surface area contributed by atoms with E-state index < -0.39 is 0 Å². The van der Waals surface area contributed by atoms with E-state index in [4.69, 9.17) is 4.98 Å². The van der Waals surface area contributed by atoms with Crippen molar-refractivity contribution >= 4 is 16.3 Å². The van der Waals surface area contributed by atoms with E-state index in [1.54, 1.807) is 0 Å². The molecular weight excluding hydrogens is 256 g/mol. The zero-order chi connectivity index (χ0) is 12.8. The molecule has 4 rings (SSSR count). The van der Waals surface area contributed by atoms with Crippen molar-refractivity contribution in [2.75, 3.05) is 0 Å². The molecule has 19 heavy (non-hydrogen) atoms. The van der Waals surface area contributed by atoms with Crippen LogP contribution < -0.4 is 0 Å². The average Bonchev–Trinajstić information content (AvgIpc) is 3.11. The third-order valence-electron chi connectivity index (χ3n) is 3.82. The highest BCUT2D eigenvalue weighted by Gasteiger charge is 2.18. The summed E-state index contributed by atoms with van der Waals surface area (Å²) >= 11 is 1.85. The molecule has 98 valence electrons. The molecule has 1 aliphatic carbocycles. The fourth-order valence-electron chi connectivity index (χ4n) is 2.77. The van der Waals surface area contributed by atoms with Crippen LogP contribution in [0.15, 0.2) is 18.6 Å². The first-order chi connectivity index (χ1) is 9.35. The molecule has 0 aromatic carbocycles. The summed E-state index contributed by atoms with van der Waals surface area (Å²) in [6, 6.07) is 0. The second-order valence-corrected chi connectivity index (χ2v) is 6.10. The maximum atomic E-state index is 4.76. The van der Waals surface area contributed by atoms with Crippen molar-refractivity contribution < 1.29 is 0 Å². The maximum absolute atomic E-state index is 4.76. The van der Waals surface area contributed by atoms with Gasteiger partial charge in [0.2, 0.25) is 0 Å². The molecule has 1 aliphatic rings. The summed E-state index contributed by atoms with van der Waals surface area (Å²) in [4.78, 5) is 7.43. The molecule has 3 heterocycles. The van der Waals surface area contributed by atoms with Crippen molar-refractivity contribution in [3.63, 3.8) is 0 Å². The van der Waals surface area contributed by atoms with Crippen molar-refractivity contribution in [1.82, 2.24) is 19.2 Å². The second-order valence-electron chi connectivity index (χ2n) is 5.04. The van der Waals surface area contributed by atoms with Crippen LogP contribution in [0, 0.1) is 0 Å². The normalized spacial score (nSPS) is 15.0. The van der Waals surface area contributed by atoms with Crippen LogP contribution in [-0.4, -0.2) is 19.2 Å². The molecule has 3 aromatic heterocycles. The molecule has 0 radical (unpaired) electrons. The lowest BCUT2D eigenvalue weighted by Crippen LogP contribution is -2.01. The number of aromatic nitrogens is 4. The zero-order valence-corrected chi connectivity index (χ0v) is 11.8. The Hall–Kier alpha value is -1.62. The first-order valence-corrected chi connectivity index (χ1v) is 7.69. The minimum Gasteiger partial charge on any atom is -0.294 e. The summed E-state index contributed by atoms with van der Waals surface area (Å²) < 4.78 is 4.23. The number of imidazole rings is 1. The zero-order valence-electron chi connectivity index (χ0n) is 11.0. The van der Waals surface area contributed by atoms with Crippen LogP contribution in [0.3, 0.4) is 0 Å². The van der Waals surface area contributed by atoms with E-state index in [0.29, 0.717) is 0 Å². The molecular formula is C14H16N4S. The predicted octanol–water partition coefficient (Wildman–Crippen LogP) is 3.16. The van der Waals surface area contributed by atoms with Crippen LogP contribution in [0.1, 0.15) is 30.3 Å². The molecule has 0 fully saturated rings. The third-order valence-corrected chi connectivity index (χ3v) is 4.98. The summed E-state index contributed by atoms with van der Waals surface area (Å²) in [7, 11) is 0. The molecule has 0 atom stereocenters. The molecule has 5 heteroatoms. The number of hydrogen-bond acceptors (Lipinski definition) is 3. The van der Waals surface area contributed by atoms with E-state index in [-0.39, 0.29) is 0 Å². The molecule has 3 aromatic rings. The lowest BCUT2D eigenvalue weighted by atomic mass is 10.0. The van der Waals surface area contributed by atoms with Crippen LogP contribution in [-0.2, 0) is 19.4 Å². The molecule has 0 unspecified atom stereocenters. The molecule has 0 saturated heterocycles. The predicted molar refractivity (Wildman–Crippen MR) is 76.6 cm³/mol. The van der Waals surface area contributed by atoms with Crippen molar-refractivity contribution in [3.8, 4) is 11.3 Å². The highest BCUT2D eigenvalue weighted by Crippen LogP contribution is 2.31. The number of hydrogen-bond donors (Lipinski definition) is 0. The molecule has 4 nitrogen and oxygen atoms in total. The Morgan fingerprint density at radius 2 is 2.16 bits per heavy atom. The topological polar surface area (TPSA) is 35.1 Å². The van der Waals surface area contributed by atoms with Gasteiger partial charge in [-0.15, -0.1) is 11.3 Å². The number of aryl methyl sites for hydroxylation is 3. The van der Waals surface area contributed by atoms with Gasteiger partial charge in [0.1, 0.15) is 0 Å². The fourth-order valence-corrected chi connectivity index (χ4v) is 3.96. The van der Waals surface area contributed by atoms with Gasteiger partial charge in [-0.05, 0) is 32.6 Å².